The largest absolute Gasteiger partial charge is 0.489 e. The summed E-state index contributed by atoms with van der Waals surface area (Å²) in [5.74, 6) is 1.84. The lowest BCUT2D eigenvalue weighted by Crippen LogP contribution is -2.25. The Morgan fingerprint density at radius 2 is 1.57 bits per heavy atom. The summed E-state index contributed by atoms with van der Waals surface area (Å²) in [6.07, 6.45) is 2.42. The predicted octanol–water partition coefficient (Wildman–Crippen LogP) is 9.23. The molecule has 6 aromatic rings. The van der Waals surface area contributed by atoms with Gasteiger partial charge in [-0.3, -0.25) is 4.79 Å². The van der Waals surface area contributed by atoms with Crippen LogP contribution in [0.2, 0.25) is 0 Å². The summed E-state index contributed by atoms with van der Waals surface area (Å²) in [6, 6.07) is 42.8. The number of aryl methyl sites for hydroxylation is 1. The van der Waals surface area contributed by atoms with Gasteiger partial charge in [0.05, 0.1) is 24.0 Å². The highest BCUT2D eigenvalue weighted by Crippen LogP contribution is 2.37. The molecule has 8 heteroatoms. The van der Waals surface area contributed by atoms with Gasteiger partial charge in [0, 0.05) is 11.3 Å². The van der Waals surface area contributed by atoms with Crippen LogP contribution in [0.25, 0.3) is 10.5 Å². The summed E-state index contributed by atoms with van der Waals surface area (Å²) < 4.78 is 14.4. The lowest BCUT2D eigenvalue weighted by atomic mass is 9.96. The van der Waals surface area contributed by atoms with Crippen LogP contribution in [-0.4, -0.2) is 22.2 Å². The second-order valence-electron chi connectivity index (χ2n) is 12.8. The van der Waals surface area contributed by atoms with Gasteiger partial charge in [-0.2, -0.15) is 5.10 Å². The molecular formula is C43H39N5O3. The fraction of sp³-hybridized carbons (Fsp3) is 0.186. The number of rotatable bonds is 14. The third-order valence-electron chi connectivity index (χ3n) is 8.83. The number of hydrogen-bond acceptors (Lipinski definition) is 5. The van der Waals surface area contributed by atoms with E-state index < -0.39 is 0 Å². The molecule has 254 valence electrons. The predicted molar refractivity (Wildman–Crippen MR) is 200 cm³/mol. The molecule has 0 saturated heterocycles. The van der Waals surface area contributed by atoms with Crippen molar-refractivity contribution in [1.29, 1.82) is 0 Å². The number of amides is 1. The number of carbonyl (C=O) groups is 1. The number of nitrogens with zero attached hydrogens (tertiary/aromatic N) is 3. The van der Waals surface area contributed by atoms with E-state index in [1.807, 2.05) is 79.7 Å². The zero-order valence-electron chi connectivity index (χ0n) is 28.5. The Bertz CT molecular complexity index is 2150. The van der Waals surface area contributed by atoms with Crippen LogP contribution in [0.1, 0.15) is 57.3 Å². The van der Waals surface area contributed by atoms with Gasteiger partial charge in [0.2, 0.25) is 0 Å². The second-order valence-corrected chi connectivity index (χ2v) is 12.8. The summed E-state index contributed by atoms with van der Waals surface area (Å²) in [7, 11) is 0. The van der Waals surface area contributed by atoms with Gasteiger partial charge in [0.25, 0.3) is 5.91 Å². The van der Waals surface area contributed by atoms with E-state index >= 15 is 0 Å². The lowest BCUT2D eigenvalue weighted by Gasteiger charge is -2.24. The van der Waals surface area contributed by atoms with Crippen molar-refractivity contribution >= 4 is 17.3 Å². The van der Waals surface area contributed by atoms with E-state index in [0.717, 1.165) is 40.3 Å². The van der Waals surface area contributed by atoms with Gasteiger partial charge in [-0.25, -0.2) is 9.53 Å². The summed E-state index contributed by atoms with van der Waals surface area (Å²) >= 11 is 0. The summed E-state index contributed by atoms with van der Waals surface area (Å²) in [5, 5.41) is 11.5. The maximum atomic E-state index is 13.8. The normalized spacial score (nSPS) is 12.9. The van der Waals surface area contributed by atoms with Crippen molar-refractivity contribution in [2.75, 3.05) is 11.9 Å². The van der Waals surface area contributed by atoms with E-state index in [1.165, 1.54) is 12.8 Å². The highest BCUT2D eigenvalue weighted by atomic mass is 16.5. The topological polar surface area (TPSA) is 81.8 Å². The molecule has 1 aromatic heterocycles. The monoisotopic (exact) mass is 673 g/mol. The molecule has 0 radical (unpaired) electrons. The minimum Gasteiger partial charge on any atom is -0.489 e. The van der Waals surface area contributed by atoms with Crippen molar-refractivity contribution < 1.29 is 14.3 Å². The zero-order chi connectivity index (χ0) is 35.0. The minimum absolute atomic E-state index is 0.238. The van der Waals surface area contributed by atoms with Crippen LogP contribution < -0.4 is 20.1 Å². The standard InChI is InChI=1S/C43H39N5O3/c1-30-23-40(48(47-30)37-18-10-16-35(25-37)44-2)43(49)46-36-17-9-15-34(24-36)42(45-27-31-19-20-31)39-26-38(50-28-32-11-5-3-6-12-32)21-22-41(39)51-29-33-13-7-4-8-14-33/h3-18,21-26,31,42,45H,19-20,27-29H2,1H3,(H,46,49). The molecule has 1 saturated carbocycles. The van der Waals surface area contributed by atoms with Crippen molar-refractivity contribution in [3.05, 3.63) is 179 Å². The molecule has 0 spiro atoms. The van der Waals surface area contributed by atoms with Gasteiger partial charge < -0.3 is 20.1 Å². The van der Waals surface area contributed by atoms with Crippen LogP contribution in [0, 0.1) is 19.4 Å². The maximum absolute atomic E-state index is 13.8. The second kappa shape index (κ2) is 15.6. The fourth-order valence-electron chi connectivity index (χ4n) is 6.01. The van der Waals surface area contributed by atoms with Crippen LogP contribution in [0.4, 0.5) is 11.4 Å². The molecule has 1 amide bonds. The molecule has 1 heterocycles. The van der Waals surface area contributed by atoms with Crippen molar-refractivity contribution in [3.63, 3.8) is 0 Å². The summed E-state index contributed by atoms with van der Waals surface area (Å²) in [6.45, 7) is 11.0. The van der Waals surface area contributed by atoms with Crippen molar-refractivity contribution in [3.8, 4) is 17.2 Å². The quantitative estimate of drug-likeness (QED) is 0.113. The summed E-state index contributed by atoms with van der Waals surface area (Å²) in [5.41, 5.74) is 6.96. The van der Waals surface area contributed by atoms with Gasteiger partial charge >= 0.3 is 0 Å². The van der Waals surface area contributed by atoms with Crippen LogP contribution in [0.5, 0.6) is 11.5 Å². The molecule has 1 unspecified atom stereocenters. The van der Waals surface area contributed by atoms with Gasteiger partial charge in [-0.15, -0.1) is 0 Å². The zero-order valence-corrected chi connectivity index (χ0v) is 28.5. The average Bonchev–Trinajstić information content (AvgIpc) is 3.92. The van der Waals surface area contributed by atoms with Crippen LogP contribution >= 0.6 is 0 Å². The van der Waals surface area contributed by atoms with E-state index in [9.17, 15) is 4.79 Å². The Kier molecular flexibility index (Phi) is 10.2. The molecule has 1 atom stereocenters. The third kappa shape index (κ3) is 8.53. The van der Waals surface area contributed by atoms with E-state index in [4.69, 9.17) is 16.0 Å². The SMILES string of the molecule is [C-]#[N+]c1cccc(-n2nc(C)cc2C(=O)Nc2cccc(C(NCC3CC3)c3cc(OCc4ccccc4)ccc3OCc3ccccc3)c2)c1. The Balaban J connectivity index is 1.19. The highest BCUT2D eigenvalue weighted by molar-refractivity contribution is 6.03. The number of ether oxygens (including phenoxy) is 2. The Morgan fingerprint density at radius 1 is 0.843 bits per heavy atom. The number of benzene rings is 5. The number of hydrogen-bond donors (Lipinski definition) is 2. The minimum atomic E-state index is -0.299. The molecule has 1 fully saturated rings. The highest BCUT2D eigenvalue weighted by Gasteiger charge is 2.26. The third-order valence-corrected chi connectivity index (χ3v) is 8.83. The van der Waals surface area contributed by atoms with Crippen molar-refractivity contribution in [2.24, 2.45) is 5.92 Å². The first-order valence-electron chi connectivity index (χ1n) is 17.2. The van der Waals surface area contributed by atoms with Crippen LogP contribution in [-0.2, 0) is 13.2 Å². The fourth-order valence-corrected chi connectivity index (χ4v) is 6.01. The van der Waals surface area contributed by atoms with Crippen LogP contribution in [0.3, 0.4) is 0 Å². The van der Waals surface area contributed by atoms with E-state index in [-0.39, 0.29) is 11.9 Å². The molecule has 1 aliphatic carbocycles. The molecule has 5 aromatic carbocycles. The Hall–Kier alpha value is -6.17. The van der Waals surface area contributed by atoms with Crippen molar-refractivity contribution in [1.82, 2.24) is 15.1 Å². The van der Waals surface area contributed by atoms with E-state index in [0.29, 0.717) is 47.6 Å². The molecule has 0 bridgehead atoms. The molecular weight excluding hydrogens is 635 g/mol. The summed E-state index contributed by atoms with van der Waals surface area (Å²) in [4.78, 5) is 17.3. The Labute approximate surface area is 298 Å². The average molecular weight is 674 g/mol. The van der Waals surface area contributed by atoms with Gasteiger partial charge in [0.1, 0.15) is 30.4 Å². The van der Waals surface area contributed by atoms with Crippen molar-refractivity contribution in [2.45, 2.75) is 39.0 Å². The molecule has 0 aliphatic heterocycles. The first-order chi connectivity index (χ1) is 25.0. The molecule has 7 rings (SSSR count). The molecule has 1 aliphatic rings. The smallest absolute Gasteiger partial charge is 0.274 e. The van der Waals surface area contributed by atoms with Gasteiger partial charge in [0.15, 0.2) is 5.69 Å². The molecule has 51 heavy (non-hydrogen) atoms. The van der Waals surface area contributed by atoms with E-state index in [1.54, 1.807) is 28.9 Å². The van der Waals surface area contributed by atoms with E-state index in [2.05, 4.69) is 57.0 Å². The number of anilines is 1. The Morgan fingerprint density at radius 3 is 2.29 bits per heavy atom. The van der Waals surface area contributed by atoms with Crippen LogP contribution in [0.15, 0.2) is 133 Å². The van der Waals surface area contributed by atoms with Gasteiger partial charge in [-0.1, -0.05) is 84.9 Å². The molecule has 8 nitrogen and oxygen atoms in total. The first-order valence-corrected chi connectivity index (χ1v) is 17.2. The number of carbonyl (C=O) groups excluding carboxylic acids is 1. The first kappa shape index (κ1) is 33.3. The maximum Gasteiger partial charge on any atom is 0.274 e. The number of nitrogens with one attached hydrogen (secondary N) is 2. The lowest BCUT2D eigenvalue weighted by molar-refractivity contribution is 0.101. The van der Waals surface area contributed by atoms with Gasteiger partial charge in [-0.05, 0) is 97.4 Å². The number of aromatic nitrogens is 2. The molecule has 2 N–H and O–H groups in total.